The van der Waals surface area contributed by atoms with Crippen LogP contribution in [-0.4, -0.2) is 54.8 Å². The normalized spacial score (nSPS) is 12.1. The Labute approximate surface area is 125 Å². The third-order valence-electron chi connectivity index (χ3n) is 2.90. The van der Waals surface area contributed by atoms with Crippen molar-refractivity contribution in [2.75, 3.05) is 27.2 Å². The molecule has 1 aromatic rings. The van der Waals surface area contributed by atoms with E-state index in [0.29, 0.717) is 11.4 Å². The first kappa shape index (κ1) is 16.1. The van der Waals surface area contributed by atoms with Crippen LogP contribution in [0.25, 0.3) is 0 Å². The van der Waals surface area contributed by atoms with Crippen LogP contribution in [0.3, 0.4) is 0 Å². The molecule has 5 nitrogen and oxygen atoms in total. The predicted octanol–water partition coefficient (Wildman–Crippen LogP) is 1.39. The van der Waals surface area contributed by atoms with Crippen molar-refractivity contribution in [1.82, 2.24) is 9.80 Å². The Balaban J connectivity index is 2.62. The number of likely N-dealkylation sites (N-methyl/N-ethyl adjacent to an activating group) is 2. The van der Waals surface area contributed by atoms with Crippen molar-refractivity contribution in [3.63, 3.8) is 0 Å². The largest absolute Gasteiger partial charge is 0.340 e. The van der Waals surface area contributed by atoms with E-state index in [9.17, 15) is 9.59 Å². The molecule has 2 amide bonds. The smallest absolute Gasteiger partial charge is 0.264 e. The molecule has 0 aliphatic rings. The molecule has 0 spiro atoms. The zero-order valence-electron chi connectivity index (χ0n) is 11.2. The van der Waals surface area contributed by atoms with Crippen molar-refractivity contribution >= 4 is 39.1 Å². The van der Waals surface area contributed by atoms with Gasteiger partial charge in [-0.3, -0.25) is 9.59 Å². The summed E-state index contributed by atoms with van der Waals surface area (Å²) >= 11 is 4.66. The summed E-state index contributed by atoms with van der Waals surface area (Å²) < 4.78 is 0.893. The van der Waals surface area contributed by atoms with Crippen molar-refractivity contribution in [3.05, 3.63) is 20.8 Å². The molecule has 1 heterocycles. The van der Waals surface area contributed by atoms with E-state index in [-0.39, 0.29) is 24.4 Å². The number of carbonyl (C=O) groups excluding carboxylic acids is 2. The second-order valence-electron chi connectivity index (χ2n) is 4.35. The lowest BCUT2D eigenvalue weighted by molar-refractivity contribution is -0.131. The van der Waals surface area contributed by atoms with Gasteiger partial charge in [-0.15, -0.1) is 11.3 Å². The van der Waals surface area contributed by atoms with E-state index < -0.39 is 0 Å². The van der Waals surface area contributed by atoms with Crippen LogP contribution in [0, 0.1) is 0 Å². The first-order valence-electron chi connectivity index (χ1n) is 5.83. The number of carbonyl (C=O) groups is 2. The van der Waals surface area contributed by atoms with Gasteiger partial charge in [0, 0.05) is 26.7 Å². The van der Waals surface area contributed by atoms with Gasteiger partial charge in [0.15, 0.2) is 0 Å². The van der Waals surface area contributed by atoms with E-state index in [2.05, 4.69) is 15.9 Å². The van der Waals surface area contributed by atoms with Crippen LogP contribution < -0.4 is 5.73 Å². The van der Waals surface area contributed by atoms with E-state index in [1.165, 1.54) is 16.2 Å². The highest BCUT2D eigenvalue weighted by Gasteiger charge is 2.20. The highest BCUT2D eigenvalue weighted by Crippen LogP contribution is 2.23. The average Bonchev–Trinajstić information content (AvgIpc) is 2.82. The molecule has 7 heteroatoms. The monoisotopic (exact) mass is 347 g/mol. The van der Waals surface area contributed by atoms with E-state index in [4.69, 9.17) is 5.73 Å². The molecule has 0 aliphatic heterocycles. The maximum absolute atomic E-state index is 12.1. The molecule has 0 aliphatic carbocycles. The molecule has 0 bridgehead atoms. The first-order chi connectivity index (χ1) is 8.86. The lowest BCUT2D eigenvalue weighted by Gasteiger charge is -2.26. The van der Waals surface area contributed by atoms with Gasteiger partial charge in [0.25, 0.3) is 5.91 Å². The Morgan fingerprint density at radius 1 is 1.42 bits per heavy atom. The van der Waals surface area contributed by atoms with Gasteiger partial charge in [0.05, 0.1) is 15.2 Å². The fourth-order valence-electron chi connectivity index (χ4n) is 1.41. The molecule has 1 aromatic heterocycles. The fourth-order valence-corrected chi connectivity index (χ4v) is 2.79. The highest BCUT2D eigenvalue weighted by molar-refractivity contribution is 9.11. The number of halogens is 1. The van der Waals surface area contributed by atoms with E-state index >= 15 is 0 Å². The lowest BCUT2D eigenvalue weighted by atomic mass is 10.3. The molecule has 0 fully saturated rings. The van der Waals surface area contributed by atoms with Crippen LogP contribution in [0.1, 0.15) is 16.6 Å². The number of nitrogens with zero attached hydrogens (tertiary/aromatic N) is 2. The maximum Gasteiger partial charge on any atom is 0.264 e. The van der Waals surface area contributed by atoms with Crippen molar-refractivity contribution < 1.29 is 9.59 Å². The lowest BCUT2D eigenvalue weighted by Crippen LogP contribution is -2.45. The van der Waals surface area contributed by atoms with Crippen molar-refractivity contribution in [2.24, 2.45) is 5.73 Å². The third kappa shape index (κ3) is 4.29. The summed E-state index contributed by atoms with van der Waals surface area (Å²) in [7, 11) is 3.31. The molecule has 1 atom stereocenters. The number of hydrogen-bond acceptors (Lipinski definition) is 4. The minimum atomic E-state index is -0.155. The summed E-state index contributed by atoms with van der Waals surface area (Å²) in [5.41, 5.74) is 5.52. The van der Waals surface area contributed by atoms with Crippen molar-refractivity contribution in [1.29, 1.82) is 0 Å². The number of thiophene rings is 1. The van der Waals surface area contributed by atoms with Gasteiger partial charge < -0.3 is 15.5 Å². The van der Waals surface area contributed by atoms with Crippen molar-refractivity contribution in [3.8, 4) is 0 Å². The SMILES string of the molecule is CC(CN)N(C)C(=O)CN(C)C(=O)c1ccc(Br)s1. The Bertz CT molecular complexity index is 464. The summed E-state index contributed by atoms with van der Waals surface area (Å²) in [4.78, 5) is 27.6. The van der Waals surface area contributed by atoms with Crippen LogP contribution in [0.15, 0.2) is 15.9 Å². The average molecular weight is 348 g/mol. The summed E-state index contributed by atoms with van der Waals surface area (Å²) in [6, 6.07) is 3.52. The molecule has 19 heavy (non-hydrogen) atoms. The summed E-state index contributed by atoms with van der Waals surface area (Å²) in [6.07, 6.45) is 0. The fraction of sp³-hybridized carbons (Fsp3) is 0.500. The Hall–Kier alpha value is -0.920. The van der Waals surface area contributed by atoms with Gasteiger partial charge in [0.1, 0.15) is 0 Å². The Morgan fingerprint density at radius 3 is 2.53 bits per heavy atom. The van der Waals surface area contributed by atoms with Crippen LogP contribution in [0.2, 0.25) is 0 Å². The van der Waals surface area contributed by atoms with Crippen molar-refractivity contribution in [2.45, 2.75) is 13.0 Å². The number of rotatable bonds is 5. The molecular formula is C12H18BrN3O2S. The third-order valence-corrected chi connectivity index (χ3v) is 4.51. The van der Waals surface area contributed by atoms with Gasteiger partial charge in [-0.25, -0.2) is 0 Å². The molecule has 2 N–H and O–H groups in total. The molecule has 106 valence electrons. The molecule has 1 unspecified atom stereocenters. The minimum Gasteiger partial charge on any atom is -0.340 e. The molecule has 0 radical (unpaired) electrons. The number of amides is 2. The number of hydrogen-bond donors (Lipinski definition) is 1. The molecular weight excluding hydrogens is 330 g/mol. The quantitative estimate of drug-likeness (QED) is 0.875. The minimum absolute atomic E-state index is 0.0353. The van der Waals surface area contributed by atoms with Crippen LogP contribution >= 0.6 is 27.3 Å². The van der Waals surface area contributed by atoms with Gasteiger partial charge >= 0.3 is 0 Å². The molecule has 1 rings (SSSR count). The zero-order valence-corrected chi connectivity index (χ0v) is 13.6. The van der Waals surface area contributed by atoms with Gasteiger partial charge in [-0.2, -0.15) is 0 Å². The predicted molar refractivity (Wildman–Crippen MR) is 80.3 cm³/mol. The summed E-state index contributed by atoms with van der Waals surface area (Å²) in [6.45, 7) is 2.32. The van der Waals surface area contributed by atoms with E-state index in [0.717, 1.165) is 3.79 Å². The zero-order chi connectivity index (χ0) is 14.6. The van der Waals surface area contributed by atoms with Crippen LogP contribution in [-0.2, 0) is 4.79 Å². The summed E-state index contributed by atoms with van der Waals surface area (Å²) in [5, 5.41) is 0. The molecule has 0 saturated carbocycles. The Kier molecular flexibility index (Phi) is 5.96. The first-order valence-corrected chi connectivity index (χ1v) is 7.44. The second kappa shape index (κ2) is 7.02. The standard InChI is InChI=1S/C12H18BrN3O2S/c1-8(6-14)16(3)11(17)7-15(2)12(18)9-4-5-10(13)19-9/h4-5,8H,6-7,14H2,1-3H3. The van der Waals surface area contributed by atoms with Gasteiger partial charge in [-0.05, 0) is 35.0 Å². The maximum atomic E-state index is 12.1. The van der Waals surface area contributed by atoms with Crippen LogP contribution in [0.4, 0.5) is 0 Å². The van der Waals surface area contributed by atoms with E-state index in [1.54, 1.807) is 25.1 Å². The molecule has 0 aromatic carbocycles. The van der Waals surface area contributed by atoms with E-state index in [1.807, 2.05) is 13.0 Å². The topological polar surface area (TPSA) is 66.6 Å². The number of nitrogens with two attached hydrogens (primary N) is 1. The second-order valence-corrected chi connectivity index (χ2v) is 6.82. The van der Waals surface area contributed by atoms with Gasteiger partial charge in [-0.1, -0.05) is 0 Å². The van der Waals surface area contributed by atoms with Gasteiger partial charge in [0.2, 0.25) is 5.91 Å². The van der Waals surface area contributed by atoms with Crippen LogP contribution in [0.5, 0.6) is 0 Å². The highest BCUT2D eigenvalue weighted by atomic mass is 79.9. The molecule has 0 saturated heterocycles. The Morgan fingerprint density at radius 2 is 2.05 bits per heavy atom. The summed E-state index contributed by atoms with van der Waals surface area (Å²) in [5.74, 6) is -0.276.